The monoisotopic (exact) mass is 364 g/mol. The third-order valence-electron chi connectivity index (χ3n) is 3.76. The Hall–Kier alpha value is -3.80. The zero-order valence-corrected chi connectivity index (χ0v) is 14.2. The Bertz CT molecular complexity index is 948. The van der Waals surface area contributed by atoms with Gasteiger partial charge in [-0.3, -0.25) is 0 Å². The van der Waals surface area contributed by atoms with Gasteiger partial charge in [0.25, 0.3) is 0 Å². The molecule has 3 rings (SSSR count). The molecule has 0 radical (unpaired) electrons. The van der Waals surface area contributed by atoms with E-state index in [4.69, 9.17) is 19.7 Å². The first-order valence-electron chi connectivity index (χ1n) is 8.08. The molecule has 0 atom stereocenters. The molecule has 0 saturated heterocycles. The Morgan fingerprint density at radius 3 is 1.93 bits per heavy atom. The molecule has 0 aliphatic rings. The van der Waals surface area contributed by atoms with Crippen molar-refractivity contribution in [2.24, 2.45) is 0 Å². The van der Waals surface area contributed by atoms with Crippen LogP contribution in [0.2, 0.25) is 0 Å². The van der Waals surface area contributed by atoms with Crippen molar-refractivity contribution in [1.29, 1.82) is 0 Å². The van der Waals surface area contributed by atoms with E-state index in [9.17, 15) is 9.59 Å². The highest BCUT2D eigenvalue weighted by Crippen LogP contribution is 2.26. The first kappa shape index (κ1) is 18.0. The van der Waals surface area contributed by atoms with Gasteiger partial charge in [0.2, 0.25) is 0 Å². The minimum Gasteiger partial charge on any atom is -0.489 e. The normalized spacial score (nSPS) is 10.2. The van der Waals surface area contributed by atoms with Crippen molar-refractivity contribution < 1.29 is 29.3 Å². The van der Waals surface area contributed by atoms with E-state index < -0.39 is 11.9 Å². The van der Waals surface area contributed by atoms with Crippen LogP contribution in [0.15, 0.2) is 72.8 Å². The quantitative estimate of drug-likeness (QED) is 0.643. The summed E-state index contributed by atoms with van der Waals surface area (Å²) >= 11 is 0. The molecule has 0 saturated carbocycles. The number of aromatic carboxylic acids is 2. The highest BCUT2D eigenvalue weighted by Gasteiger charge is 2.17. The van der Waals surface area contributed by atoms with E-state index in [1.165, 1.54) is 18.2 Å². The predicted molar refractivity (Wildman–Crippen MR) is 97.7 cm³/mol. The first-order valence-corrected chi connectivity index (χ1v) is 8.08. The Kier molecular flexibility index (Phi) is 5.37. The van der Waals surface area contributed by atoms with E-state index in [1.54, 1.807) is 24.3 Å². The summed E-state index contributed by atoms with van der Waals surface area (Å²) in [5.41, 5.74) is 0.430. The fourth-order valence-electron chi connectivity index (χ4n) is 2.43. The summed E-state index contributed by atoms with van der Waals surface area (Å²) < 4.78 is 11.3. The molecular formula is C21H16O6. The number of hydrogen-bond donors (Lipinski definition) is 2. The Morgan fingerprint density at radius 2 is 1.30 bits per heavy atom. The molecule has 6 heteroatoms. The Morgan fingerprint density at radius 1 is 0.704 bits per heavy atom. The molecule has 3 aromatic rings. The van der Waals surface area contributed by atoms with Gasteiger partial charge in [0.05, 0.1) is 11.1 Å². The fourth-order valence-corrected chi connectivity index (χ4v) is 2.43. The Labute approximate surface area is 155 Å². The van der Waals surface area contributed by atoms with Crippen molar-refractivity contribution >= 4 is 11.9 Å². The molecule has 3 aromatic carbocycles. The molecule has 2 N–H and O–H groups in total. The molecule has 0 unspecified atom stereocenters. The smallest absolute Gasteiger partial charge is 0.336 e. The van der Waals surface area contributed by atoms with E-state index in [1.807, 2.05) is 30.3 Å². The third-order valence-corrected chi connectivity index (χ3v) is 3.76. The molecule has 0 aliphatic carbocycles. The maximum atomic E-state index is 11.2. The number of carboxylic acids is 2. The minimum absolute atomic E-state index is 0.232. The number of carboxylic acid groups (broad SMARTS) is 2. The molecule has 0 bridgehead atoms. The van der Waals surface area contributed by atoms with Crippen molar-refractivity contribution in [3.05, 3.63) is 89.5 Å². The summed E-state index contributed by atoms with van der Waals surface area (Å²) in [5, 5.41) is 18.2. The van der Waals surface area contributed by atoms with Crippen LogP contribution in [0.25, 0.3) is 0 Å². The molecule has 0 fully saturated rings. The van der Waals surface area contributed by atoms with E-state index in [-0.39, 0.29) is 16.9 Å². The zero-order valence-electron chi connectivity index (χ0n) is 14.2. The van der Waals surface area contributed by atoms with Gasteiger partial charge in [-0.15, -0.1) is 0 Å². The average Bonchev–Trinajstić information content (AvgIpc) is 2.68. The fraction of sp³-hybridized carbons (Fsp3) is 0.0476. The van der Waals surface area contributed by atoms with Gasteiger partial charge in [0.15, 0.2) is 0 Å². The lowest BCUT2D eigenvalue weighted by Gasteiger charge is -2.10. The number of rotatable bonds is 7. The second kappa shape index (κ2) is 8.05. The highest BCUT2D eigenvalue weighted by atomic mass is 16.5. The largest absolute Gasteiger partial charge is 0.489 e. The lowest BCUT2D eigenvalue weighted by atomic mass is 10.1. The van der Waals surface area contributed by atoms with Crippen LogP contribution >= 0.6 is 0 Å². The van der Waals surface area contributed by atoms with Crippen LogP contribution in [0.3, 0.4) is 0 Å². The average molecular weight is 364 g/mol. The van der Waals surface area contributed by atoms with Crippen molar-refractivity contribution in [3.63, 3.8) is 0 Å². The summed E-state index contributed by atoms with van der Waals surface area (Å²) in [7, 11) is 0. The maximum Gasteiger partial charge on any atom is 0.336 e. The van der Waals surface area contributed by atoms with Crippen molar-refractivity contribution in [2.45, 2.75) is 6.61 Å². The SMILES string of the molecule is O=C(O)c1ccc(Oc2ccc(OCc3ccccc3)cc2)cc1C(=O)O. The molecule has 0 heterocycles. The van der Waals surface area contributed by atoms with Gasteiger partial charge >= 0.3 is 11.9 Å². The van der Waals surface area contributed by atoms with Crippen LogP contribution < -0.4 is 9.47 Å². The molecule has 0 aliphatic heterocycles. The highest BCUT2D eigenvalue weighted by molar-refractivity contribution is 6.02. The molecule has 27 heavy (non-hydrogen) atoms. The van der Waals surface area contributed by atoms with Gasteiger partial charge < -0.3 is 19.7 Å². The second-order valence-electron chi connectivity index (χ2n) is 5.67. The van der Waals surface area contributed by atoms with Crippen molar-refractivity contribution in [1.82, 2.24) is 0 Å². The lowest BCUT2D eigenvalue weighted by molar-refractivity contribution is 0.0651. The van der Waals surface area contributed by atoms with Crippen LogP contribution in [0.1, 0.15) is 26.3 Å². The summed E-state index contributed by atoms with van der Waals surface area (Å²) in [6.07, 6.45) is 0. The van der Waals surface area contributed by atoms with E-state index >= 15 is 0 Å². The van der Waals surface area contributed by atoms with Gasteiger partial charge in [0, 0.05) is 0 Å². The molecule has 136 valence electrons. The van der Waals surface area contributed by atoms with E-state index in [2.05, 4.69) is 0 Å². The molecule has 0 aromatic heterocycles. The number of carbonyl (C=O) groups is 2. The topological polar surface area (TPSA) is 93.1 Å². The number of ether oxygens (including phenoxy) is 2. The van der Waals surface area contributed by atoms with Gasteiger partial charge in [0.1, 0.15) is 23.9 Å². The van der Waals surface area contributed by atoms with Crippen LogP contribution in [0.4, 0.5) is 0 Å². The molecule has 0 spiro atoms. The number of benzene rings is 3. The van der Waals surface area contributed by atoms with Gasteiger partial charge in [-0.2, -0.15) is 0 Å². The third kappa shape index (κ3) is 4.64. The predicted octanol–water partition coefficient (Wildman–Crippen LogP) is 4.45. The minimum atomic E-state index is -1.33. The summed E-state index contributed by atoms with van der Waals surface area (Å²) in [5.74, 6) is -1.27. The summed E-state index contributed by atoms with van der Waals surface area (Å²) in [6.45, 7) is 0.444. The maximum absolute atomic E-state index is 11.2. The van der Waals surface area contributed by atoms with E-state index in [0.29, 0.717) is 18.1 Å². The van der Waals surface area contributed by atoms with Gasteiger partial charge in [-0.25, -0.2) is 9.59 Å². The molecule has 0 amide bonds. The second-order valence-corrected chi connectivity index (χ2v) is 5.67. The molecule has 6 nitrogen and oxygen atoms in total. The van der Waals surface area contributed by atoms with Crippen LogP contribution in [-0.4, -0.2) is 22.2 Å². The first-order chi connectivity index (χ1) is 13.0. The number of hydrogen-bond acceptors (Lipinski definition) is 4. The molecular weight excluding hydrogens is 348 g/mol. The van der Waals surface area contributed by atoms with Crippen LogP contribution in [0.5, 0.6) is 17.2 Å². The van der Waals surface area contributed by atoms with Crippen molar-refractivity contribution in [3.8, 4) is 17.2 Å². The van der Waals surface area contributed by atoms with E-state index in [0.717, 1.165) is 5.56 Å². The van der Waals surface area contributed by atoms with Crippen molar-refractivity contribution in [2.75, 3.05) is 0 Å². The summed E-state index contributed by atoms with van der Waals surface area (Å²) in [4.78, 5) is 22.3. The zero-order chi connectivity index (χ0) is 19.2. The summed E-state index contributed by atoms with van der Waals surface area (Å²) in [6, 6.07) is 20.4. The van der Waals surface area contributed by atoms with Crippen LogP contribution in [0, 0.1) is 0 Å². The van der Waals surface area contributed by atoms with Crippen LogP contribution in [-0.2, 0) is 6.61 Å². The van der Waals surface area contributed by atoms with Gasteiger partial charge in [-0.05, 0) is 48.0 Å². The Balaban J connectivity index is 1.68. The standard InChI is InChI=1S/C21H16O6/c22-20(23)18-11-10-17(12-19(18)21(24)25)27-16-8-6-15(7-9-16)26-13-14-4-2-1-3-5-14/h1-12H,13H2,(H,22,23)(H,24,25). The van der Waals surface area contributed by atoms with Gasteiger partial charge in [-0.1, -0.05) is 30.3 Å². The lowest BCUT2D eigenvalue weighted by Crippen LogP contribution is -2.07.